The highest BCUT2D eigenvalue weighted by Crippen LogP contribution is 2.28. The molecule has 4 rings (SSSR count). The smallest absolute Gasteiger partial charge is 0.255 e. The SMILES string of the molecule is CCOc1ccc(C(=O)Nc2ccccc2-c2cn3cccc(C)c3n2)cc1. The third kappa shape index (κ3) is 3.47. The molecular weight excluding hydrogens is 350 g/mol. The molecule has 0 bridgehead atoms. The lowest BCUT2D eigenvalue weighted by Gasteiger charge is -2.10. The fraction of sp³-hybridized carbons (Fsp3) is 0.130. The van der Waals surface area contributed by atoms with Gasteiger partial charge in [-0.3, -0.25) is 4.79 Å². The monoisotopic (exact) mass is 371 g/mol. The maximum atomic E-state index is 12.7. The van der Waals surface area contributed by atoms with Crippen molar-refractivity contribution in [2.24, 2.45) is 0 Å². The molecule has 4 aromatic rings. The molecule has 0 spiro atoms. The summed E-state index contributed by atoms with van der Waals surface area (Å²) in [6, 6.07) is 18.8. The van der Waals surface area contributed by atoms with E-state index in [9.17, 15) is 4.79 Å². The quantitative estimate of drug-likeness (QED) is 0.539. The first-order valence-electron chi connectivity index (χ1n) is 9.23. The Morgan fingerprint density at radius 1 is 1.07 bits per heavy atom. The van der Waals surface area contributed by atoms with E-state index in [0.717, 1.165) is 33.9 Å². The van der Waals surface area contributed by atoms with E-state index in [1.807, 2.05) is 67.0 Å². The number of fused-ring (bicyclic) bond motifs is 1. The number of amides is 1. The normalized spacial score (nSPS) is 10.8. The number of ether oxygens (including phenoxy) is 1. The van der Waals surface area contributed by atoms with Crippen molar-refractivity contribution in [3.63, 3.8) is 0 Å². The number of hydrogen-bond acceptors (Lipinski definition) is 3. The van der Waals surface area contributed by atoms with Crippen LogP contribution in [-0.4, -0.2) is 21.9 Å². The van der Waals surface area contributed by atoms with Crippen LogP contribution >= 0.6 is 0 Å². The topological polar surface area (TPSA) is 55.6 Å². The van der Waals surface area contributed by atoms with Gasteiger partial charge in [-0.1, -0.05) is 24.3 Å². The van der Waals surface area contributed by atoms with Crippen LogP contribution in [0.5, 0.6) is 5.75 Å². The minimum atomic E-state index is -0.171. The molecule has 2 heterocycles. The predicted molar refractivity (Wildman–Crippen MR) is 111 cm³/mol. The molecule has 0 saturated carbocycles. The highest BCUT2D eigenvalue weighted by Gasteiger charge is 2.13. The summed E-state index contributed by atoms with van der Waals surface area (Å²) in [7, 11) is 0. The first-order chi connectivity index (χ1) is 13.7. The maximum Gasteiger partial charge on any atom is 0.255 e. The number of rotatable bonds is 5. The molecule has 0 saturated heterocycles. The van der Waals surface area contributed by atoms with Gasteiger partial charge in [-0.15, -0.1) is 0 Å². The molecule has 5 nitrogen and oxygen atoms in total. The molecule has 0 fully saturated rings. The molecule has 0 aliphatic rings. The van der Waals surface area contributed by atoms with Gasteiger partial charge in [0.05, 0.1) is 18.0 Å². The molecule has 0 unspecified atom stereocenters. The third-order valence-electron chi connectivity index (χ3n) is 4.56. The lowest BCUT2D eigenvalue weighted by Crippen LogP contribution is -2.12. The highest BCUT2D eigenvalue weighted by molar-refractivity contribution is 6.06. The second kappa shape index (κ2) is 7.56. The number of aromatic nitrogens is 2. The number of benzene rings is 2. The van der Waals surface area contributed by atoms with Crippen molar-refractivity contribution < 1.29 is 9.53 Å². The van der Waals surface area contributed by atoms with Crippen LogP contribution in [0, 0.1) is 6.92 Å². The summed E-state index contributed by atoms with van der Waals surface area (Å²) < 4.78 is 7.43. The Balaban J connectivity index is 1.64. The summed E-state index contributed by atoms with van der Waals surface area (Å²) >= 11 is 0. The first-order valence-corrected chi connectivity index (χ1v) is 9.23. The summed E-state index contributed by atoms with van der Waals surface area (Å²) in [5, 5.41) is 3.01. The van der Waals surface area contributed by atoms with E-state index >= 15 is 0 Å². The number of nitrogens with zero attached hydrogens (tertiary/aromatic N) is 2. The number of para-hydroxylation sites is 1. The van der Waals surface area contributed by atoms with Crippen molar-refractivity contribution in [1.29, 1.82) is 0 Å². The maximum absolute atomic E-state index is 12.7. The van der Waals surface area contributed by atoms with E-state index in [2.05, 4.69) is 5.32 Å². The Hall–Kier alpha value is -3.60. The van der Waals surface area contributed by atoms with Gasteiger partial charge in [0.25, 0.3) is 5.91 Å². The number of pyridine rings is 1. The molecule has 0 atom stereocenters. The van der Waals surface area contributed by atoms with E-state index in [1.54, 1.807) is 24.3 Å². The van der Waals surface area contributed by atoms with Gasteiger partial charge in [-0.2, -0.15) is 0 Å². The van der Waals surface area contributed by atoms with Gasteiger partial charge in [-0.25, -0.2) is 4.98 Å². The number of anilines is 1. The fourth-order valence-corrected chi connectivity index (χ4v) is 3.16. The minimum Gasteiger partial charge on any atom is -0.494 e. The molecule has 1 N–H and O–H groups in total. The summed E-state index contributed by atoms with van der Waals surface area (Å²) in [6.07, 6.45) is 3.95. The number of carbonyl (C=O) groups excluding carboxylic acids is 1. The Kier molecular flexibility index (Phi) is 4.81. The summed E-state index contributed by atoms with van der Waals surface area (Å²) in [5.74, 6) is 0.579. The molecule has 0 radical (unpaired) electrons. The zero-order chi connectivity index (χ0) is 19.5. The highest BCUT2D eigenvalue weighted by atomic mass is 16.5. The van der Waals surface area contributed by atoms with Gasteiger partial charge in [0.15, 0.2) is 0 Å². The van der Waals surface area contributed by atoms with Crippen LogP contribution in [0.3, 0.4) is 0 Å². The van der Waals surface area contributed by atoms with Crippen LogP contribution in [-0.2, 0) is 0 Å². The van der Waals surface area contributed by atoms with Gasteiger partial charge in [0, 0.05) is 23.5 Å². The largest absolute Gasteiger partial charge is 0.494 e. The van der Waals surface area contributed by atoms with Crippen LogP contribution in [0.1, 0.15) is 22.8 Å². The summed E-state index contributed by atoms with van der Waals surface area (Å²) in [4.78, 5) is 17.5. The van der Waals surface area contributed by atoms with Gasteiger partial charge >= 0.3 is 0 Å². The Labute approximate surface area is 163 Å². The van der Waals surface area contributed by atoms with Crippen LogP contribution in [0.25, 0.3) is 16.9 Å². The average molecular weight is 371 g/mol. The molecule has 5 heteroatoms. The van der Waals surface area contributed by atoms with E-state index in [4.69, 9.17) is 9.72 Å². The molecule has 2 aromatic heterocycles. The minimum absolute atomic E-state index is 0.171. The average Bonchev–Trinajstić information content (AvgIpc) is 3.15. The molecule has 2 aromatic carbocycles. The van der Waals surface area contributed by atoms with Crippen LogP contribution in [0.2, 0.25) is 0 Å². The van der Waals surface area contributed by atoms with Gasteiger partial charge < -0.3 is 14.5 Å². The lowest BCUT2D eigenvalue weighted by atomic mass is 10.1. The van der Waals surface area contributed by atoms with Crippen molar-refractivity contribution in [2.75, 3.05) is 11.9 Å². The van der Waals surface area contributed by atoms with Gasteiger partial charge in [0.1, 0.15) is 11.4 Å². The Morgan fingerprint density at radius 2 is 1.86 bits per heavy atom. The number of nitrogens with one attached hydrogen (secondary N) is 1. The number of aryl methyl sites for hydroxylation is 1. The predicted octanol–water partition coefficient (Wildman–Crippen LogP) is 4.96. The van der Waals surface area contributed by atoms with E-state index in [-0.39, 0.29) is 5.91 Å². The van der Waals surface area contributed by atoms with Crippen molar-refractivity contribution >= 4 is 17.2 Å². The zero-order valence-electron chi connectivity index (χ0n) is 15.8. The van der Waals surface area contributed by atoms with Crippen molar-refractivity contribution in [3.8, 4) is 17.0 Å². The number of imidazole rings is 1. The van der Waals surface area contributed by atoms with E-state index in [0.29, 0.717) is 12.2 Å². The van der Waals surface area contributed by atoms with E-state index in [1.165, 1.54) is 0 Å². The molecular formula is C23H21N3O2. The molecule has 1 amide bonds. The molecule has 0 aliphatic carbocycles. The summed E-state index contributed by atoms with van der Waals surface area (Å²) in [6.45, 7) is 4.56. The van der Waals surface area contributed by atoms with Crippen LogP contribution in [0.15, 0.2) is 73.1 Å². The second-order valence-corrected chi connectivity index (χ2v) is 6.51. The first kappa shape index (κ1) is 17.8. The van der Waals surface area contributed by atoms with Crippen molar-refractivity contribution in [3.05, 3.63) is 84.2 Å². The van der Waals surface area contributed by atoms with Crippen molar-refractivity contribution in [2.45, 2.75) is 13.8 Å². The summed E-state index contributed by atoms with van der Waals surface area (Å²) in [5.41, 5.74) is 5.00. The third-order valence-corrected chi connectivity index (χ3v) is 4.56. The standard InChI is InChI=1S/C23H21N3O2/c1-3-28-18-12-10-17(11-13-18)23(27)25-20-9-5-4-8-19(20)21-15-26-14-6-7-16(2)22(26)24-21/h4-15H,3H2,1-2H3,(H,25,27). The van der Waals surface area contributed by atoms with Crippen LogP contribution < -0.4 is 10.1 Å². The zero-order valence-corrected chi connectivity index (χ0v) is 15.8. The van der Waals surface area contributed by atoms with Gasteiger partial charge in [-0.05, 0) is 55.8 Å². The van der Waals surface area contributed by atoms with E-state index < -0.39 is 0 Å². The fourth-order valence-electron chi connectivity index (χ4n) is 3.16. The molecule has 28 heavy (non-hydrogen) atoms. The lowest BCUT2D eigenvalue weighted by molar-refractivity contribution is 0.102. The molecule has 140 valence electrons. The second-order valence-electron chi connectivity index (χ2n) is 6.51. The Bertz CT molecular complexity index is 1130. The number of carbonyl (C=O) groups is 1. The van der Waals surface area contributed by atoms with Gasteiger partial charge in [0.2, 0.25) is 0 Å². The number of hydrogen-bond donors (Lipinski definition) is 1. The Morgan fingerprint density at radius 3 is 2.61 bits per heavy atom. The molecule has 0 aliphatic heterocycles. The van der Waals surface area contributed by atoms with Crippen LogP contribution in [0.4, 0.5) is 5.69 Å². The van der Waals surface area contributed by atoms with Crippen molar-refractivity contribution in [1.82, 2.24) is 9.38 Å².